The normalized spacial score (nSPS) is 15.9. The number of hydrogen-bond donors (Lipinski definition) is 0. The summed E-state index contributed by atoms with van der Waals surface area (Å²) < 4.78 is 10.4. The van der Waals surface area contributed by atoms with Gasteiger partial charge in [0.1, 0.15) is 6.61 Å². The van der Waals surface area contributed by atoms with Crippen LogP contribution >= 0.6 is 0 Å². The number of ether oxygens (including phenoxy) is 2. The lowest BCUT2D eigenvalue weighted by Crippen LogP contribution is -2.18. The average Bonchev–Trinajstić information content (AvgIpc) is 2.76. The average molecular weight is 247 g/mol. The predicted octanol–water partition coefficient (Wildman–Crippen LogP) is 2.56. The molecule has 0 saturated carbocycles. The Morgan fingerprint density at radius 3 is 2.89 bits per heavy atom. The second kappa shape index (κ2) is 6.21. The molecule has 1 aromatic rings. The summed E-state index contributed by atoms with van der Waals surface area (Å²) in [6, 6.07) is 10.0. The summed E-state index contributed by atoms with van der Waals surface area (Å²) in [6.45, 7) is 4.12. The number of carbonyl (C=O) groups excluding carboxylic acids is 1. The van der Waals surface area contributed by atoms with Gasteiger partial charge in [-0.25, -0.2) is 4.79 Å². The largest absolute Gasteiger partial charge is 0.447 e. The quantitative estimate of drug-likeness (QED) is 0.802. The van der Waals surface area contributed by atoms with E-state index < -0.39 is 0 Å². The van der Waals surface area contributed by atoms with Crippen LogP contribution in [0.1, 0.15) is 12.5 Å². The maximum atomic E-state index is 11.2. The lowest BCUT2D eigenvalue weighted by molar-refractivity contribution is 0.141. The summed E-state index contributed by atoms with van der Waals surface area (Å²) >= 11 is 0. The number of nitrogens with zero attached hydrogens (tertiary/aromatic N) is 1. The monoisotopic (exact) mass is 247 g/mol. The van der Waals surface area contributed by atoms with E-state index >= 15 is 0 Å². The third kappa shape index (κ3) is 3.60. The van der Waals surface area contributed by atoms with Gasteiger partial charge < -0.3 is 9.47 Å². The summed E-state index contributed by atoms with van der Waals surface area (Å²) in [4.78, 5) is 12.8. The lowest BCUT2D eigenvalue weighted by Gasteiger charge is -2.09. The molecule has 0 unspecified atom stereocenters. The van der Waals surface area contributed by atoms with Gasteiger partial charge >= 0.3 is 6.09 Å². The van der Waals surface area contributed by atoms with Crippen molar-refractivity contribution in [3.8, 4) is 0 Å². The van der Waals surface area contributed by atoms with Crippen LogP contribution in [0.2, 0.25) is 0 Å². The molecule has 4 nitrogen and oxygen atoms in total. The highest BCUT2D eigenvalue weighted by atomic mass is 16.6. The Bertz CT molecular complexity index is 428. The molecule has 1 amide bonds. The first-order valence-electron chi connectivity index (χ1n) is 5.98. The van der Waals surface area contributed by atoms with Crippen molar-refractivity contribution in [2.45, 2.75) is 13.5 Å². The Morgan fingerprint density at radius 1 is 1.44 bits per heavy atom. The van der Waals surface area contributed by atoms with Gasteiger partial charge in [-0.15, -0.1) is 0 Å². The van der Waals surface area contributed by atoms with Gasteiger partial charge in [0.05, 0.1) is 19.8 Å². The maximum Gasteiger partial charge on any atom is 0.413 e. The van der Waals surface area contributed by atoms with Crippen molar-refractivity contribution in [3.63, 3.8) is 0 Å². The van der Waals surface area contributed by atoms with Gasteiger partial charge in [-0.05, 0) is 18.1 Å². The molecule has 1 aliphatic rings. The van der Waals surface area contributed by atoms with Crippen molar-refractivity contribution in [1.82, 2.24) is 4.90 Å². The third-order valence-corrected chi connectivity index (χ3v) is 2.61. The van der Waals surface area contributed by atoms with Crippen molar-refractivity contribution in [1.29, 1.82) is 0 Å². The molecule has 0 radical (unpaired) electrons. The SMILES string of the molecule is C/C(=C/N1CCOC1=O)COCc1ccccc1. The van der Waals surface area contributed by atoms with Crippen LogP contribution in [0.3, 0.4) is 0 Å². The van der Waals surface area contributed by atoms with Crippen LogP contribution in [-0.4, -0.2) is 30.8 Å². The van der Waals surface area contributed by atoms with E-state index in [2.05, 4.69) is 0 Å². The van der Waals surface area contributed by atoms with E-state index in [0.717, 1.165) is 11.1 Å². The highest BCUT2D eigenvalue weighted by molar-refractivity contribution is 5.70. The Labute approximate surface area is 107 Å². The predicted molar refractivity (Wildman–Crippen MR) is 67.9 cm³/mol. The highest BCUT2D eigenvalue weighted by Crippen LogP contribution is 2.08. The molecule has 0 bridgehead atoms. The van der Waals surface area contributed by atoms with E-state index in [1.54, 1.807) is 11.1 Å². The third-order valence-electron chi connectivity index (χ3n) is 2.61. The van der Waals surface area contributed by atoms with Gasteiger partial charge in [0.25, 0.3) is 0 Å². The van der Waals surface area contributed by atoms with Crippen LogP contribution in [0.15, 0.2) is 42.1 Å². The van der Waals surface area contributed by atoms with Crippen LogP contribution in [-0.2, 0) is 16.1 Å². The van der Waals surface area contributed by atoms with Crippen molar-refractivity contribution >= 4 is 6.09 Å². The Balaban J connectivity index is 1.76. The van der Waals surface area contributed by atoms with Gasteiger partial charge in [-0.2, -0.15) is 0 Å². The van der Waals surface area contributed by atoms with Crippen LogP contribution in [0, 0.1) is 0 Å². The topological polar surface area (TPSA) is 38.8 Å². The summed E-state index contributed by atoms with van der Waals surface area (Å²) in [6.07, 6.45) is 1.51. The summed E-state index contributed by atoms with van der Waals surface area (Å²) in [5.41, 5.74) is 2.15. The Morgan fingerprint density at radius 2 is 2.22 bits per heavy atom. The standard InChI is InChI=1S/C14H17NO3/c1-12(9-15-7-8-18-14(15)16)10-17-11-13-5-3-2-4-6-13/h2-6,9H,7-8,10-11H2,1H3/b12-9-. The minimum absolute atomic E-state index is 0.280. The zero-order valence-electron chi connectivity index (χ0n) is 10.5. The second-order valence-corrected chi connectivity index (χ2v) is 4.26. The van der Waals surface area contributed by atoms with E-state index in [-0.39, 0.29) is 6.09 Å². The highest BCUT2D eigenvalue weighted by Gasteiger charge is 2.19. The molecule has 96 valence electrons. The van der Waals surface area contributed by atoms with Gasteiger partial charge in [-0.1, -0.05) is 30.3 Å². The van der Waals surface area contributed by atoms with Crippen LogP contribution in [0.4, 0.5) is 4.79 Å². The molecule has 0 N–H and O–H groups in total. The van der Waals surface area contributed by atoms with E-state index in [9.17, 15) is 4.79 Å². The van der Waals surface area contributed by atoms with E-state index in [1.165, 1.54) is 0 Å². The molecule has 0 aliphatic carbocycles. The Hall–Kier alpha value is -1.81. The molecule has 2 rings (SSSR count). The first-order valence-corrected chi connectivity index (χ1v) is 5.98. The smallest absolute Gasteiger partial charge is 0.413 e. The van der Waals surface area contributed by atoms with Gasteiger partial charge in [0.15, 0.2) is 0 Å². The molecule has 0 spiro atoms. The molecule has 1 aromatic carbocycles. The maximum absolute atomic E-state index is 11.2. The molecule has 4 heteroatoms. The zero-order chi connectivity index (χ0) is 12.8. The number of carbonyl (C=O) groups is 1. The number of amides is 1. The first-order chi connectivity index (χ1) is 8.75. The van der Waals surface area contributed by atoms with Crippen molar-refractivity contribution in [3.05, 3.63) is 47.7 Å². The fourth-order valence-corrected chi connectivity index (χ4v) is 1.73. The number of benzene rings is 1. The van der Waals surface area contributed by atoms with Gasteiger partial charge in [0.2, 0.25) is 0 Å². The molecular weight excluding hydrogens is 230 g/mol. The Kier molecular flexibility index (Phi) is 4.36. The molecule has 0 aromatic heterocycles. The number of hydrogen-bond acceptors (Lipinski definition) is 3. The molecular formula is C14H17NO3. The number of rotatable bonds is 5. The fraction of sp³-hybridized carbons (Fsp3) is 0.357. The van der Waals surface area contributed by atoms with Crippen molar-refractivity contribution in [2.75, 3.05) is 19.8 Å². The van der Waals surface area contributed by atoms with E-state index in [4.69, 9.17) is 9.47 Å². The van der Waals surface area contributed by atoms with Crippen molar-refractivity contribution in [2.24, 2.45) is 0 Å². The molecule has 1 heterocycles. The van der Waals surface area contributed by atoms with Crippen molar-refractivity contribution < 1.29 is 14.3 Å². The minimum atomic E-state index is -0.280. The molecule has 18 heavy (non-hydrogen) atoms. The lowest BCUT2D eigenvalue weighted by atomic mass is 10.2. The van der Waals surface area contributed by atoms with E-state index in [0.29, 0.717) is 26.4 Å². The molecule has 1 fully saturated rings. The first kappa shape index (κ1) is 12.6. The summed E-state index contributed by atoms with van der Waals surface area (Å²) in [5, 5.41) is 0. The second-order valence-electron chi connectivity index (χ2n) is 4.26. The van der Waals surface area contributed by atoms with Gasteiger partial charge in [0, 0.05) is 6.20 Å². The van der Waals surface area contributed by atoms with Gasteiger partial charge in [-0.3, -0.25) is 4.90 Å². The molecule has 1 aliphatic heterocycles. The molecule has 0 atom stereocenters. The summed E-state index contributed by atoms with van der Waals surface area (Å²) in [5.74, 6) is 0. The van der Waals surface area contributed by atoms with E-state index in [1.807, 2.05) is 37.3 Å². The van der Waals surface area contributed by atoms with Crippen LogP contribution in [0.25, 0.3) is 0 Å². The minimum Gasteiger partial charge on any atom is -0.447 e. The molecule has 1 saturated heterocycles. The zero-order valence-corrected chi connectivity index (χ0v) is 10.5. The van der Waals surface area contributed by atoms with Crippen LogP contribution < -0.4 is 0 Å². The number of cyclic esters (lactones) is 1. The summed E-state index contributed by atoms with van der Waals surface area (Å²) in [7, 11) is 0. The fourth-order valence-electron chi connectivity index (χ4n) is 1.73. The van der Waals surface area contributed by atoms with Crippen LogP contribution in [0.5, 0.6) is 0 Å².